The van der Waals surface area contributed by atoms with Crippen LogP contribution in [0.2, 0.25) is 0 Å². The number of ether oxygens (including phenoxy) is 4. The van der Waals surface area contributed by atoms with Gasteiger partial charge in [-0.2, -0.15) is 0 Å². The molecule has 1 aliphatic rings. The molecule has 9 heteroatoms. The Labute approximate surface area is 194 Å². The van der Waals surface area contributed by atoms with Crippen molar-refractivity contribution in [2.75, 3.05) is 46.7 Å². The molecule has 9 nitrogen and oxygen atoms in total. The molecule has 1 aliphatic heterocycles. The Hall–Kier alpha value is -2.46. The van der Waals surface area contributed by atoms with Gasteiger partial charge in [-0.15, -0.1) is 0 Å². The minimum Gasteiger partial charge on any atom is -0.465 e. The Morgan fingerprint density at radius 1 is 1.03 bits per heavy atom. The maximum absolute atomic E-state index is 12.7. The first-order valence-electron chi connectivity index (χ1n) is 11.3. The fourth-order valence-corrected chi connectivity index (χ4v) is 3.42. The number of aliphatic hydroxyl groups is 2. The fourth-order valence-electron chi connectivity index (χ4n) is 3.42. The molecule has 184 valence electrons. The van der Waals surface area contributed by atoms with Gasteiger partial charge in [0.25, 0.3) is 5.91 Å². The highest BCUT2D eigenvalue weighted by atomic mass is 16.7. The lowest BCUT2D eigenvalue weighted by Gasteiger charge is -2.29. The zero-order chi connectivity index (χ0) is 23.9. The summed E-state index contributed by atoms with van der Waals surface area (Å²) in [4.78, 5) is 24.4. The van der Waals surface area contributed by atoms with Gasteiger partial charge in [0.05, 0.1) is 39.1 Å². The SMILES string of the molecule is COC(=O)c1ccc([C@H]2C=C(C(=O)NCCCCCCO)O[C@@H](OCCOCCO)C2)cc1. The summed E-state index contributed by atoms with van der Waals surface area (Å²) in [7, 11) is 1.33. The Balaban J connectivity index is 2.02. The zero-order valence-electron chi connectivity index (χ0n) is 19.2. The number of hydrogen-bond donors (Lipinski definition) is 3. The summed E-state index contributed by atoms with van der Waals surface area (Å²) in [6.45, 7) is 1.44. The van der Waals surface area contributed by atoms with Gasteiger partial charge in [0.15, 0.2) is 5.76 Å². The number of esters is 1. The van der Waals surface area contributed by atoms with Crippen molar-refractivity contribution in [3.63, 3.8) is 0 Å². The molecular formula is C24H35NO8. The van der Waals surface area contributed by atoms with E-state index in [1.165, 1.54) is 7.11 Å². The number of rotatable bonds is 15. The van der Waals surface area contributed by atoms with Gasteiger partial charge in [0, 0.05) is 25.5 Å². The summed E-state index contributed by atoms with van der Waals surface area (Å²) < 4.78 is 21.5. The number of carbonyl (C=O) groups is 2. The molecule has 0 unspecified atom stereocenters. The second-order valence-electron chi connectivity index (χ2n) is 7.63. The van der Waals surface area contributed by atoms with Crippen molar-refractivity contribution in [1.29, 1.82) is 0 Å². The Bertz CT molecular complexity index is 749. The highest BCUT2D eigenvalue weighted by Gasteiger charge is 2.28. The molecular weight excluding hydrogens is 430 g/mol. The lowest BCUT2D eigenvalue weighted by molar-refractivity contribution is -0.151. The number of aliphatic hydroxyl groups excluding tert-OH is 2. The highest BCUT2D eigenvalue weighted by molar-refractivity contribution is 5.91. The summed E-state index contributed by atoms with van der Waals surface area (Å²) in [5.41, 5.74) is 1.37. The van der Waals surface area contributed by atoms with Crippen LogP contribution in [-0.2, 0) is 23.7 Å². The molecule has 3 N–H and O–H groups in total. The first-order valence-corrected chi connectivity index (χ1v) is 11.3. The van der Waals surface area contributed by atoms with E-state index in [9.17, 15) is 9.59 Å². The molecule has 33 heavy (non-hydrogen) atoms. The molecule has 0 radical (unpaired) electrons. The van der Waals surface area contributed by atoms with Crippen LogP contribution in [0.15, 0.2) is 36.1 Å². The lowest BCUT2D eigenvalue weighted by atomic mass is 9.92. The summed E-state index contributed by atoms with van der Waals surface area (Å²) in [6, 6.07) is 7.04. The van der Waals surface area contributed by atoms with Crippen LogP contribution in [0.3, 0.4) is 0 Å². The maximum Gasteiger partial charge on any atom is 0.337 e. The molecule has 0 spiro atoms. The first-order chi connectivity index (χ1) is 16.1. The minimum atomic E-state index is -0.636. The molecule has 1 heterocycles. The van der Waals surface area contributed by atoms with Gasteiger partial charge in [-0.1, -0.05) is 25.0 Å². The van der Waals surface area contributed by atoms with E-state index in [0.29, 0.717) is 25.1 Å². The average Bonchev–Trinajstić information content (AvgIpc) is 2.85. The number of benzene rings is 1. The van der Waals surface area contributed by atoms with Gasteiger partial charge >= 0.3 is 5.97 Å². The zero-order valence-corrected chi connectivity index (χ0v) is 19.2. The van der Waals surface area contributed by atoms with Crippen LogP contribution in [0.4, 0.5) is 0 Å². The van der Waals surface area contributed by atoms with Crippen LogP contribution in [0.25, 0.3) is 0 Å². The van der Waals surface area contributed by atoms with Crippen molar-refractivity contribution in [1.82, 2.24) is 5.32 Å². The summed E-state index contributed by atoms with van der Waals surface area (Å²) >= 11 is 0. The number of methoxy groups -OCH3 is 1. The lowest BCUT2D eigenvalue weighted by Crippen LogP contribution is -2.33. The van der Waals surface area contributed by atoms with E-state index in [-0.39, 0.29) is 44.0 Å². The molecule has 2 atom stereocenters. The Morgan fingerprint density at radius 2 is 1.79 bits per heavy atom. The van der Waals surface area contributed by atoms with Crippen LogP contribution in [0, 0.1) is 0 Å². The molecule has 0 aliphatic carbocycles. The van der Waals surface area contributed by atoms with Gasteiger partial charge in [0.1, 0.15) is 0 Å². The summed E-state index contributed by atoms with van der Waals surface area (Å²) in [5, 5.41) is 20.5. The number of carbonyl (C=O) groups excluding carboxylic acids is 2. The van der Waals surface area contributed by atoms with Crippen LogP contribution in [0.1, 0.15) is 53.9 Å². The van der Waals surface area contributed by atoms with Gasteiger partial charge in [-0.25, -0.2) is 4.79 Å². The topological polar surface area (TPSA) is 124 Å². The third kappa shape index (κ3) is 9.51. The van der Waals surface area contributed by atoms with E-state index < -0.39 is 12.3 Å². The molecule has 0 saturated carbocycles. The van der Waals surface area contributed by atoms with E-state index >= 15 is 0 Å². The van der Waals surface area contributed by atoms with Gasteiger partial charge in [0.2, 0.25) is 6.29 Å². The van der Waals surface area contributed by atoms with E-state index in [0.717, 1.165) is 31.2 Å². The smallest absolute Gasteiger partial charge is 0.337 e. The molecule has 2 rings (SSSR count). The summed E-state index contributed by atoms with van der Waals surface area (Å²) in [6.07, 6.45) is 5.06. The van der Waals surface area contributed by atoms with Gasteiger partial charge < -0.3 is 34.5 Å². The maximum atomic E-state index is 12.7. The normalized spacial score (nSPS) is 17.7. The van der Waals surface area contributed by atoms with Crippen molar-refractivity contribution < 1.29 is 38.7 Å². The number of unbranched alkanes of at least 4 members (excludes halogenated alkanes) is 3. The third-order valence-corrected chi connectivity index (χ3v) is 5.18. The third-order valence-electron chi connectivity index (χ3n) is 5.18. The van der Waals surface area contributed by atoms with E-state index in [1.54, 1.807) is 18.2 Å². The number of hydrogen-bond acceptors (Lipinski definition) is 8. The largest absolute Gasteiger partial charge is 0.465 e. The first kappa shape index (κ1) is 26.8. The quantitative estimate of drug-likeness (QED) is 0.265. The summed E-state index contributed by atoms with van der Waals surface area (Å²) in [5.74, 6) is -0.663. The number of allylic oxidation sites excluding steroid dienone is 1. The van der Waals surface area contributed by atoms with E-state index in [1.807, 2.05) is 12.1 Å². The van der Waals surface area contributed by atoms with Crippen LogP contribution >= 0.6 is 0 Å². The van der Waals surface area contributed by atoms with Gasteiger partial charge in [-0.3, -0.25) is 4.79 Å². The van der Waals surface area contributed by atoms with Crippen molar-refractivity contribution in [3.8, 4) is 0 Å². The van der Waals surface area contributed by atoms with Crippen molar-refractivity contribution >= 4 is 11.9 Å². The van der Waals surface area contributed by atoms with E-state index in [4.69, 9.17) is 29.2 Å². The van der Waals surface area contributed by atoms with Crippen LogP contribution in [0.5, 0.6) is 0 Å². The van der Waals surface area contributed by atoms with Crippen LogP contribution < -0.4 is 5.32 Å². The van der Waals surface area contributed by atoms with Gasteiger partial charge in [-0.05, 0) is 36.6 Å². The monoisotopic (exact) mass is 465 g/mol. The fraction of sp³-hybridized carbons (Fsp3) is 0.583. The van der Waals surface area contributed by atoms with Crippen molar-refractivity contribution in [2.24, 2.45) is 0 Å². The highest BCUT2D eigenvalue weighted by Crippen LogP contribution is 2.31. The molecule has 0 fully saturated rings. The molecule has 0 bridgehead atoms. The second kappa shape index (κ2) is 15.4. The second-order valence-corrected chi connectivity index (χ2v) is 7.63. The standard InChI is InChI=1S/C24H35NO8/c1-30-24(29)19-8-6-18(7-9-19)20-16-21(23(28)25-10-4-2-3-5-11-26)33-22(17-20)32-15-14-31-13-12-27/h6-9,16,20,22,26-27H,2-5,10-15,17H2,1H3,(H,25,28)/t20-,22+/m0/s1. The Kier molecular flexibility index (Phi) is 12.5. The predicted octanol–water partition coefficient (Wildman–Crippen LogP) is 1.88. The average molecular weight is 466 g/mol. The van der Waals surface area contributed by atoms with Crippen molar-refractivity contribution in [3.05, 3.63) is 47.2 Å². The predicted molar refractivity (Wildman–Crippen MR) is 121 cm³/mol. The van der Waals surface area contributed by atoms with Crippen molar-refractivity contribution in [2.45, 2.75) is 44.3 Å². The Morgan fingerprint density at radius 3 is 2.48 bits per heavy atom. The van der Waals surface area contributed by atoms with E-state index in [2.05, 4.69) is 5.32 Å². The number of amides is 1. The molecule has 1 aromatic rings. The van der Waals surface area contributed by atoms with Crippen LogP contribution in [-0.4, -0.2) is 75.1 Å². The molecule has 0 aromatic heterocycles. The minimum absolute atomic E-state index is 0.0589. The molecule has 1 aromatic carbocycles. The molecule has 0 saturated heterocycles. The number of nitrogens with one attached hydrogen (secondary N) is 1. The molecule has 1 amide bonds.